The minimum atomic E-state index is -0.578. The Morgan fingerprint density at radius 1 is 1.27 bits per heavy atom. The fourth-order valence-corrected chi connectivity index (χ4v) is 2.81. The largest absolute Gasteiger partial charge is 0.427 e. The Kier molecular flexibility index (Phi) is 7.60. The van der Waals surface area contributed by atoms with Gasteiger partial charge in [0.05, 0.1) is 13.2 Å². The number of ether oxygens (including phenoxy) is 1. The van der Waals surface area contributed by atoms with Gasteiger partial charge >= 0.3 is 5.63 Å². The van der Waals surface area contributed by atoms with Gasteiger partial charge in [0, 0.05) is 12.5 Å². The van der Waals surface area contributed by atoms with Crippen LogP contribution in [-0.4, -0.2) is 19.1 Å². The number of benzene rings is 1. The van der Waals surface area contributed by atoms with Crippen LogP contribution in [0.1, 0.15) is 59.9 Å². The summed E-state index contributed by atoms with van der Waals surface area (Å²) in [5, 5.41) is 2.72. The molecule has 2 aromatic rings. The highest BCUT2D eigenvalue weighted by molar-refractivity contribution is 5.95. The molecule has 0 radical (unpaired) electrons. The zero-order valence-corrected chi connectivity index (χ0v) is 15.7. The van der Waals surface area contributed by atoms with Crippen LogP contribution in [0.5, 0.6) is 0 Å². The number of amides is 1. The van der Waals surface area contributed by atoms with E-state index in [1.54, 1.807) is 13.0 Å². The van der Waals surface area contributed by atoms with Crippen molar-refractivity contribution in [3.05, 3.63) is 69.3 Å². The van der Waals surface area contributed by atoms with Gasteiger partial charge in [-0.25, -0.2) is 4.79 Å². The molecule has 0 aliphatic heterocycles. The predicted octanol–water partition coefficient (Wildman–Crippen LogP) is 3.80. The summed E-state index contributed by atoms with van der Waals surface area (Å²) >= 11 is 0. The van der Waals surface area contributed by atoms with Crippen molar-refractivity contribution in [1.82, 2.24) is 5.32 Å². The molecule has 0 aliphatic carbocycles. The fraction of sp³-hybridized carbons (Fsp3) is 0.429. The van der Waals surface area contributed by atoms with Crippen LogP contribution < -0.4 is 10.9 Å². The molecule has 0 saturated heterocycles. The maximum absolute atomic E-state index is 12.3. The minimum Gasteiger partial charge on any atom is -0.427 e. The van der Waals surface area contributed by atoms with Crippen LogP contribution in [0.15, 0.2) is 45.6 Å². The summed E-state index contributed by atoms with van der Waals surface area (Å²) < 4.78 is 10.9. The molecule has 5 heteroatoms. The van der Waals surface area contributed by atoms with E-state index in [2.05, 4.69) is 12.2 Å². The lowest BCUT2D eigenvalue weighted by Crippen LogP contribution is -2.32. The molecule has 140 valence electrons. The number of hydrogen-bond acceptors (Lipinski definition) is 4. The van der Waals surface area contributed by atoms with Gasteiger partial charge in [0.2, 0.25) is 0 Å². The molecule has 0 spiro atoms. The van der Waals surface area contributed by atoms with Gasteiger partial charge in [-0.15, -0.1) is 0 Å². The molecule has 0 saturated carbocycles. The average Bonchev–Trinajstić information content (AvgIpc) is 2.62. The molecule has 2 rings (SSSR count). The molecule has 1 atom stereocenters. The quantitative estimate of drug-likeness (QED) is 0.693. The highest BCUT2D eigenvalue weighted by Gasteiger charge is 2.18. The van der Waals surface area contributed by atoms with Gasteiger partial charge < -0.3 is 14.5 Å². The maximum atomic E-state index is 12.3. The molecule has 1 N–H and O–H groups in total. The first-order chi connectivity index (χ1) is 12.5. The fourth-order valence-electron chi connectivity index (χ4n) is 2.81. The second-order valence-corrected chi connectivity index (χ2v) is 6.48. The number of hydrogen-bond donors (Lipinski definition) is 1. The Bertz CT molecular complexity index is 767. The van der Waals surface area contributed by atoms with Crippen molar-refractivity contribution in [2.75, 3.05) is 13.2 Å². The van der Waals surface area contributed by atoms with E-state index in [4.69, 9.17) is 9.15 Å². The molecule has 1 amide bonds. The molecule has 1 aromatic carbocycles. The highest BCUT2D eigenvalue weighted by Crippen LogP contribution is 2.21. The van der Waals surface area contributed by atoms with E-state index >= 15 is 0 Å². The molecule has 5 nitrogen and oxygen atoms in total. The third-order valence-electron chi connectivity index (χ3n) is 4.25. The average molecular weight is 357 g/mol. The summed E-state index contributed by atoms with van der Waals surface area (Å²) in [5.41, 5.74) is 1.21. The lowest BCUT2D eigenvalue weighted by molar-refractivity contribution is 0.0896. The molecular weight excluding hydrogens is 330 g/mol. The van der Waals surface area contributed by atoms with Crippen LogP contribution in [0.25, 0.3) is 0 Å². The van der Waals surface area contributed by atoms with E-state index in [1.165, 1.54) is 0 Å². The number of rotatable bonds is 9. The van der Waals surface area contributed by atoms with Crippen LogP contribution in [0.4, 0.5) is 0 Å². The van der Waals surface area contributed by atoms with Crippen LogP contribution in [0, 0.1) is 6.92 Å². The Labute approximate surface area is 154 Å². The maximum Gasteiger partial charge on any atom is 0.349 e. The monoisotopic (exact) mass is 357 g/mol. The zero-order chi connectivity index (χ0) is 18.9. The molecule has 26 heavy (non-hydrogen) atoms. The zero-order valence-electron chi connectivity index (χ0n) is 15.7. The van der Waals surface area contributed by atoms with Crippen molar-refractivity contribution < 1.29 is 13.9 Å². The lowest BCUT2D eigenvalue weighted by atomic mass is 10.0. The second kappa shape index (κ2) is 9.92. The number of aryl methyl sites for hydroxylation is 1. The van der Waals surface area contributed by atoms with Crippen molar-refractivity contribution in [1.29, 1.82) is 0 Å². The SMILES string of the molecule is CCCC(C)c1cc(C)c(C(=O)NCCOCc2ccccc2)c(=O)o1. The van der Waals surface area contributed by atoms with Crippen molar-refractivity contribution in [3.63, 3.8) is 0 Å². The summed E-state index contributed by atoms with van der Waals surface area (Å²) in [6, 6.07) is 11.6. The minimum absolute atomic E-state index is 0.0699. The van der Waals surface area contributed by atoms with Crippen molar-refractivity contribution in [2.45, 2.75) is 46.1 Å². The molecule has 0 bridgehead atoms. The molecule has 1 unspecified atom stereocenters. The van der Waals surface area contributed by atoms with E-state index < -0.39 is 11.5 Å². The Hall–Kier alpha value is -2.40. The first kappa shape index (κ1) is 19.9. The summed E-state index contributed by atoms with van der Waals surface area (Å²) in [6.45, 7) is 7.06. The number of carbonyl (C=O) groups excluding carboxylic acids is 1. The summed E-state index contributed by atoms with van der Waals surface area (Å²) in [5.74, 6) is 0.376. The van der Waals surface area contributed by atoms with E-state index in [9.17, 15) is 9.59 Å². The van der Waals surface area contributed by atoms with Gasteiger partial charge in [-0.3, -0.25) is 4.79 Å². The summed E-state index contributed by atoms with van der Waals surface area (Å²) in [7, 11) is 0. The van der Waals surface area contributed by atoms with Gasteiger partial charge in [0.15, 0.2) is 0 Å². The van der Waals surface area contributed by atoms with Crippen LogP contribution in [0.3, 0.4) is 0 Å². The van der Waals surface area contributed by atoms with Gasteiger partial charge in [0.1, 0.15) is 11.3 Å². The molecule has 0 fully saturated rings. The van der Waals surface area contributed by atoms with Crippen LogP contribution in [0.2, 0.25) is 0 Å². The van der Waals surface area contributed by atoms with Gasteiger partial charge in [0.25, 0.3) is 5.91 Å². The van der Waals surface area contributed by atoms with Crippen LogP contribution in [-0.2, 0) is 11.3 Å². The van der Waals surface area contributed by atoms with Gasteiger partial charge in [-0.2, -0.15) is 0 Å². The van der Waals surface area contributed by atoms with Crippen molar-refractivity contribution in [2.24, 2.45) is 0 Å². The second-order valence-electron chi connectivity index (χ2n) is 6.48. The Morgan fingerprint density at radius 2 is 2.00 bits per heavy atom. The third kappa shape index (κ3) is 5.56. The third-order valence-corrected chi connectivity index (χ3v) is 4.25. The van der Waals surface area contributed by atoms with Crippen LogP contribution >= 0.6 is 0 Å². The van der Waals surface area contributed by atoms with Crippen molar-refractivity contribution in [3.8, 4) is 0 Å². The van der Waals surface area contributed by atoms with E-state index in [-0.39, 0.29) is 11.5 Å². The Morgan fingerprint density at radius 3 is 2.65 bits per heavy atom. The Balaban J connectivity index is 1.88. The van der Waals surface area contributed by atoms with E-state index in [1.807, 2.05) is 37.3 Å². The van der Waals surface area contributed by atoms with Gasteiger partial charge in [-0.1, -0.05) is 50.6 Å². The predicted molar refractivity (Wildman–Crippen MR) is 101 cm³/mol. The van der Waals surface area contributed by atoms with Crippen molar-refractivity contribution >= 4 is 5.91 Å². The van der Waals surface area contributed by atoms with E-state index in [0.717, 1.165) is 18.4 Å². The first-order valence-corrected chi connectivity index (χ1v) is 9.07. The molecular formula is C21H27NO4. The topological polar surface area (TPSA) is 68.5 Å². The summed E-state index contributed by atoms with van der Waals surface area (Å²) in [6.07, 6.45) is 1.95. The highest BCUT2D eigenvalue weighted by atomic mass is 16.5. The lowest BCUT2D eigenvalue weighted by Gasteiger charge is -2.12. The van der Waals surface area contributed by atoms with E-state index in [0.29, 0.717) is 31.1 Å². The molecule has 0 aliphatic rings. The molecule has 1 heterocycles. The standard InChI is InChI=1S/C21H27NO4/c1-4-8-15(2)18-13-16(3)19(21(24)26-18)20(23)22-11-12-25-14-17-9-6-5-7-10-17/h5-7,9-10,13,15H,4,8,11-12,14H2,1-3H3,(H,22,23). The number of carbonyl (C=O) groups is 1. The smallest absolute Gasteiger partial charge is 0.349 e. The normalized spacial score (nSPS) is 12.0. The number of nitrogens with one attached hydrogen (secondary N) is 1. The van der Waals surface area contributed by atoms with Gasteiger partial charge in [-0.05, 0) is 30.5 Å². The first-order valence-electron chi connectivity index (χ1n) is 9.07. The summed E-state index contributed by atoms with van der Waals surface area (Å²) in [4.78, 5) is 24.5. The molecule has 1 aromatic heterocycles.